The number of nitrogens with one attached hydrogen (secondary N) is 1. The fourth-order valence-corrected chi connectivity index (χ4v) is 3.29. The molecule has 4 nitrogen and oxygen atoms in total. The van der Waals surface area contributed by atoms with Gasteiger partial charge in [0.1, 0.15) is 5.82 Å². The lowest BCUT2D eigenvalue weighted by Crippen LogP contribution is -2.34. The molecular formula is C16H20ClN3O. The largest absolute Gasteiger partial charge is 0.309 e. The number of hydrogen-bond acceptors (Lipinski definition) is 3. The third kappa shape index (κ3) is 3.27. The van der Waals surface area contributed by atoms with E-state index in [4.69, 9.17) is 11.6 Å². The average molecular weight is 306 g/mol. The third-order valence-corrected chi connectivity index (χ3v) is 4.55. The van der Waals surface area contributed by atoms with E-state index < -0.39 is 0 Å². The van der Waals surface area contributed by atoms with Crippen molar-refractivity contribution in [1.82, 2.24) is 14.9 Å². The Kier molecular flexibility index (Phi) is 4.27. The maximum absolute atomic E-state index is 12.1. The fraction of sp³-hybridized carbons (Fsp3) is 0.500. The molecule has 0 unspecified atom stereocenters. The molecule has 0 aliphatic heterocycles. The molecule has 0 amide bonds. The van der Waals surface area contributed by atoms with Gasteiger partial charge < -0.3 is 4.98 Å². The lowest BCUT2D eigenvalue weighted by Gasteiger charge is -2.30. The number of benzene rings is 1. The van der Waals surface area contributed by atoms with E-state index in [1.165, 1.54) is 32.1 Å². The number of nitrogens with zero attached hydrogens (tertiary/aromatic N) is 2. The summed E-state index contributed by atoms with van der Waals surface area (Å²) in [6.45, 7) is 0.679. The first kappa shape index (κ1) is 14.5. The van der Waals surface area contributed by atoms with Crippen LogP contribution in [0.25, 0.3) is 10.9 Å². The third-order valence-electron chi connectivity index (χ3n) is 4.31. The highest BCUT2D eigenvalue weighted by atomic mass is 35.5. The van der Waals surface area contributed by atoms with Crippen molar-refractivity contribution in [2.45, 2.75) is 44.7 Å². The van der Waals surface area contributed by atoms with E-state index in [1.807, 2.05) is 0 Å². The lowest BCUT2D eigenvalue weighted by molar-refractivity contribution is 0.181. The molecule has 1 aliphatic carbocycles. The zero-order chi connectivity index (χ0) is 14.8. The van der Waals surface area contributed by atoms with Crippen LogP contribution in [0.5, 0.6) is 0 Å². The summed E-state index contributed by atoms with van der Waals surface area (Å²) >= 11 is 5.93. The molecule has 1 aromatic heterocycles. The molecule has 1 saturated carbocycles. The minimum Gasteiger partial charge on any atom is -0.309 e. The van der Waals surface area contributed by atoms with E-state index in [1.54, 1.807) is 18.2 Å². The molecule has 0 saturated heterocycles. The van der Waals surface area contributed by atoms with Crippen LogP contribution >= 0.6 is 11.6 Å². The van der Waals surface area contributed by atoms with Crippen LogP contribution in [-0.2, 0) is 6.54 Å². The van der Waals surface area contributed by atoms with Crippen LogP contribution in [-0.4, -0.2) is 28.0 Å². The van der Waals surface area contributed by atoms with Crippen molar-refractivity contribution in [3.05, 3.63) is 39.4 Å². The second-order valence-electron chi connectivity index (χ2n) is 5.88. The second kappa shape index (κ2) is 6.16. The molecule has 1 aromatic carbocycles. The van der Waals surface area contributed by atoms with Crippen LogP contribution in [0.4, 0.5) is 0 Å². The van der Waals surface area contributed by atoms with Crippen LogP contribution < -0.4 is 5.56 Å². The molecule has 21 heavy (non-hydrogen) atoms. The second-order valence-corrected chi connectivity index (χ2v) is 6.32. The zero-order valence-electron chi connectivity index (χ0n) is 12.2. The van der Waals surface area contributed by atoms with Crippen molar-refractivity contribution < 1.29 is 0 Å². The van der Waals surface area contributed by atoms with Crippen LogP contribution in [0.2, 0.25) is 5.02 Å². The molecule has 112 valence electrons. The van der Waals surface area contributed by atoms with E-state index in [0.29, 0.717) is 28.5 Å². The molecule has 5 heteroatoms. The maximum atomic E-state index is 12.1. The van der Waals surface area contributed by atoms with Gasteiger partial charge in [-0.05, 0) is 38.1 Å². The zero-order valence-corrected chi connectivity index (χ0v) is 13.0. The van der Waals surface area contributed by atoms with Gasteiger partial charge in [0, 0.05) is 11.1 Å². The highest BCUT2D eigenvalue weighted by molar-refractivity contribution is 6.31. The summed E-state index contributed by atoms with van der Waals surface area (Å²) in [5.41, 5.74) is 0.588. The Labute approximate surface area is 129 Å². The highest BCUT2D eigenvalue weighted by Gasteiger charge is 2.18. The average Bonchev–Trinajstić information content (AvgIpc) is 2.49. The topological polar surface area (TPSA) is 49.0 Å². The molecule has 0 bridgehead atoms. The molecule has 0 atom stereocenters. The number of aromatic amines is 1. The van der Waals surface area contributed by atoms with Gasteiger partial charge in [0.2, 0.25) is 0 Å². The van der Waals surface area contributed by atoms with Crippen LogP contribution in [0.3, 0.4) is 0 Å². The molecule has 1 aliphatic rings. The quantitative estimate of drug-likeness (QED) is 0.946. The molecular weight excluding hydrogens is 286 g/mol. The lowest BCUT2D eigenvalue weighted by atomic mass is 9.94. The predicted molar refractivity (Wildman–Crippen MR) is 85.7 cm³/mol. The molecule has 1 N–H and O–H groups in total. The standard InChI is InChI=1S/C16H20ClN3O/c1-20(12-5-3-2-4-6-12)10-15-18-14-8-7-11(17)9-13(14)16(21)19-15/h7-9,12H,2-6,10H2,1H3,(H,18,19,21). The Hall–Kier alpha value is -1.39. The van der Waals surface area contributed by atoms with Crippen molar-refractivity contribution in [2.24, 2.45) is 0 Å². The van der Waals surface area contributed by atoms with Crippen molar-refractivity contribution >= 4 is 22.5 Å². The maximum Gasteiger partial charge on any atom is 0.258 e. The Bertz CT molecular complexity index is 691. The minimum atomic E-state index is -0.116. The molecule has 0 spiro atoms. The molecule has 1 fully saturated rings. The van der Waals surface area contributed by atoms with Gasteiger partial charge >= 0.3 is 0 Å². The number of H-pyrrole nitrogens is 1. The number of rotatable bonds is 3. The van der Waals surface area contributed by atoms with Gasteiger partial charge in [-0.25, -0.2) is 4.98 Å². The van der Waals surface area contributed by atoms with Gasteiger partial charge in [0.25, 0.3) is 5.56 Å². The minimum absolute atomic E-state index is 0.116. The fourth-order valence-electron chi connectivity index (χ4n) is 3.12. The SMILES string of the molecule is CN(Cc1nc2ccc(Cl)cc2c(=O)[nH]1)C1CCCCC1. The molecule has 0 radical (unpaired) electrons. The van der Waals surface area contributed by atoms with E-state index >= 15 is 0 Å². The Morgan fingerprint density at radius 1 is 1.33 bits per heavy atom. The normalized spacial score (nSPS) is 16.7. The Balaban J connectivity index is 1.84. The monoisotopic (exact) mass is 305 g/mol. The summed E-state index contributed by atoms with van der Waals surface area (Å²) in [5, 5.41) is 1.11. The van der Waals surface area contributed by atoms with Crippen molar-refractivity contribution in [1.29, 1.82) is 0 Å². The highest BCUT2D eigenvalue weighted by Crippen LogP contribution is 2.22. The van der Waals surface area contributed by atoms with E-state index in [2.05, 4.69) is 21.9 Å². The first-order chi connectivity index (χ1) is 10.1. The van der Waals surface area contributed by atoms with E-state index in [0.717, 1.165) is 5.82 Å². The molecule has 1 heterocycles. The molecule has 3 rings (SSSR count). The van der Waals surface area contributed by atoms with Crippen molar-refractivity contribution in [3.63, 3.8) is 0 Å². The van der Waals surface area contributed by atoms with E-state index in [9.17, 15) is 4.79 Å². The van der Waals surface area contributed by atoms with Gasteiger partial charge in [-0.3, -0.25) is 9.69 Å². The smallest absolute Gasteiger partial charge is 0.258 e. The summed E-state index contributed by atoms with van der Waals surface area (Å²) in [4.78, 5) is 21.9. The van der Waals surface area contributed by atoms with Gasteiger partial charge in [0.15, 0.2) is 0 Å². The van der Waals surface area contributed by atoms with Crippen LogP contribution in [0, 0.1) is 0 Å². The first-order valence-corrected chi connectivity index (χ1v) is 7.90. The van der Waals surface area contributed by atoms with Crippen molar-refractivity contribution in [2.75, 3.05) is 7.05 Å². The first-order valence-electron chi connectivity index (χ1n) is 7.52. The summed E-state index contributed by atoms with van der Waals surface area (Å²) in [6.07, 6.45) is 6.42. The predicted octanol–water partition coefficient (Wildman–Crippen LogP) is 3.34. The number of halogens is 1. The number of hydrogen-bond donors (Lipinski definition) is 1. The summed E-state index contributed by atoms with van der Waals surface area (Å²) in [5.74, 6) is 0.725. The summed E-state index contributed by atoms with van der Waals surface area (Å²) in [6, 6.07) is 5.84. The number of fused-ring (bicyclic) bond motifs is 1. The summed E-state index contributed by atoms with van der Waals surface area (Å²) < 4.78 is 0. The Morgan fingerprint density at radius 3 is 2.86 bits per heavy atom. The van der Waals surface area contributed by atoms with Crippen LogP contribution in [0.15, 0.2) is 23.0 Å². The van der Waals surface area contributed by atoms with Gasteiger partial charge in [-0.1, -0.05) is 30.9 Å². The van der Waals surface area contributed by atoms with Gasteiger partial charge in [-0.2, -0.15) is 0 Å². The number of aromatic nitrogens is 2. The van der Waals surface area contributed by atoms with Crippen LogP contribution in [0.1, 0.15) is 37.9 Å². The summed E-state index contributed by atoms with van der Waals surface area (Å²) in [7, 11) is 2.11. The van der Waals surface area contributed by atoms with Gasteiger partial charge in [-0.15, -0.1) is 0 Å². The molecule has 2 aromatic rings. The Morgan fingerprint density at radius 2 is 2.10 bits per heavy atom. The van der Waals surface area contributed by atoms with Gasteiger partial charge in [0.05, 0.1) is 17.4 Å². The van der Waals surface area contributed by atoms with E-state index in [-0.39, 0.29) is 5.56 Å². The van der Waals surface area contributed by atoms with Crippen molar-refractivity contribution in [3.8, 4) is 0 Å².